The average molecular weight is 1860 g/mol. The minimum atomic E-state index is -3.91. The fraction of sp³-hybridized carbons (Fsp3) is 0.667. The molecule has 0 bridgehead atoms. The van der Waals surface area contributed by atoms with Crippen molar-refractivity contribution >= 4 is 55.7 Å². The van der Waals surface area contributed by atoms with E-state index < -0.39 is 106 Å². The first kappa shape index (κ1) is 109. The van der Waals surface area contributed by atoms with Gasteiger partial charge in [0.15, 0.2) is 28.5 Å². The van der Waals surface area contributed by atoms with E-state index >= 15 is 0 Å². The highest BCUT2D eigenvalue weighted by atomic mass is 32.2. The van der Waals surface area contributed by atoms with Crippen LogP contribution in [0.5, 0.6) is 11.8 Å². The molecular weight excluding hydrogens is 1730 g/mol. The Bertz CT molecular complexity index is 4900. The maximum Gasteiger partial charge on any atom is 0.488 e. The largest absolute Gasteiger partial charge is 0.566 e. The number of nitrogens with zero attached hydrogens (tertiary/aromatic N) is 10. The van der Waals surface area contributed by atoms with Gasteiger partial charge in [-0.25, -0.2) is 43.3 Å². The number of quaternary nitrogens is 1. The first-order valence-electron chi connectivity index (χ1n) is 40.5. The van der Waals surface area contributed by atoms with Crippen molar-refractivity contribution in [3.63, 3.8) is 0 Å². The van der Waals surface area contributed by atoms with E-state index in [-0.39, 0.29) is 129 Å². The topological polar surface area (TPSA) is 570 Å². The predicted octanol–water partition coefficient (Wildman–Crippen LogP) is 6.80. The van der Waals surface area contributed by atoms with Crippen molar-refractivity contribution in [3.8, 4) is 17.6 Å². The second-order valence-electron chi connectivity index (χ2n) is 34.4. The van der Waals surface area contributed by atoms with Crippen LogP contribution in [0.1, 0.15) is 187 Å². The number of esters is 1. The Morgan fingerprint density at radius 3 is 1.52 bits per heavy atom. The number of nitrogens with one attached hydrogen (secondary N) is 2. The number of carbonyl (C=O) groups excluding carboxylic acids is 3. The molecule has 5 fully saturated rings. The van der Waals surface area contributed by atoms with Gasteiger partial charge >= 0.3 is 44.7 Å². The first-order valence-corrected chi connectivity index (χ1v) is 45.1. The Balaban J connectivity index is 0.000000276. The molecule has 19 atom stereocenters. The summed E-state index contributed by atoms with van der Waals surface area (Å²) in [5.74, 6) is 1.93. The molecule has 5 saturated heterocycles. The SMILES string of the molecule is CCC(C)(C)C(=O)SCCO[P+](=O)[O-].COc1ccn([C@@H]2O[C@H](CO)[C@@H](O)[C@@]2(C)O)c(=O)n1.COc1ccn([C@@H]2O[C@H](COP(=O)(NC(C)C)OCCSC(=O)C(C)(C)CO)[C@@H](O)[C@@]2(C)O)c(=O)n1.C[C@@H]1[C@@H](C)O[C@@H](OC(=O)c2ccccc2)C1(C)C.C[C@@H]1[C@@H](C)O[C@@H](n2ccc(-n3cncn3)nc2=O)C1(C)C.C[C@@H]1[C@@H](C)O[C@@H](n2ccc(=O)[nH]c2=O)C1(C)C.[NH4+]. The summed E-state index contributed by atoms with van der Waals surface area (Å²) >= 11 is 2.06. The highest BCUT2D eigenvalue weighted by Crippen LogP contribution is 2.51. The minimum absolute atomic E-state index is 0. The molecule has 706 valence electrons. The van der Waals surface area contributed by atoms with Crippen molar-refractivity contribution in [2.75, 3.05) is 58.8 Å². The predicted molar refractivity (Wildman–Crippen MR) is 464 cm³/mol. The maximum atomic E-state index is 13.3. The molecule has 0 radical (unpaired) electrons. The van der Waals surface area contributed by atoms with Crippen molar-refractivity contribution in [3.05, 3.63) is 150 Å². The zero-order chi connectivity index (χ0) is 94.0. The van der Waals surface area contributed by atoms with Crippen LogP contribution in [0.15, 0.2) is 116 Å². The van der Waals surface area contributed by atoms with Crippen LogP contribution in [0.2, 0.25) is 0 Å². The number of benzene rings is 1. The number of hydrogen-bond donors (Lipinski definition) is 9. The second kappa shape index (κ2) is 46.3. The number of hydrogen-bond acceptors (Lipinski definition) is 35. The van der Waals surface area contributed by atoms with Crippen LogP contribution in [0.3, 0.4) is 0 Å². The van der Waals surface area contributed by atoms with Gasteiger partial charge in [-0.2, -0.15) is 20.1 Å². The van der Waals surface area contributed by atoms with Crippen LogP contribution in [0.25, 0.3) is 5.82 Å². The molecule has 11 rings (SSSR count). The van der Waals surface area contributed by atoms with Gasteiger partial charge in [0, 0.05) is 82.2 Å². The summed E-state index contributed by atoms with van der Waals surface area (Å²) in [6.45, 7) is 38.7. The number of ether oxygens (including phenoxy) is 8. The Morgan fingerprint density at radius 2 is 1.10 bits per heavy atom. The molecule has 0 spiro atoms. The van der Waals surface area contributed by atoms with Crippen molar-refractivity contribution in [2.45, 2.75) is 243 Å². The van der Waals surface area contributed by atoms with Crippen LogP contribution in [0.4, 0.5) is 0 Å². The van der Waals surface area contributed by atoms with Crippen LogP contribution in [0, 0.1) is 44.8 Å². The van der Waals surface area contributed by atoms with Gasteiger partial charge in [-0.3, -0.25) is 46.7 Å². The third kappa shape index (κ3) is 27.5. The lowest BCUT2D eigenvalue weighted by Crippen LogP contribution is -2.46. The summed E-state index contributed by atoms with van der Waals surface area (Å²) < 4.78 is 88.9. The maximum absolute atomic E-state index is 13.3. The summed E-state index contributed by atoms with van der Waals surface area (Å²) in [7, 11) is -3.97. The summed E-state index contributed by atoms with van der Waals surface area (Å²) in [5.41, 5.74) is -7.36. The average Bonchev–Trinajstić information content (AvgIpc) is 1.62. The molecule has 5 aliphatic rings. The van der Waals surface area contributed by atoms with Gasteiger partial charge in [0.25, 0.3) is 5.56 Å². The molecule has 41 nitrogen and oxygen atoms in total. The van der Waals surface area contributed by atoms with Gasteiger partial charge < -0.3 is 79.6 Å². The zero-order valence-corrected chi connectivity index (χ0v) is 79.3. The third-order valence-corrected chi connectivity index (χ3v) is 27.7. The monoisotopic (exact) mass is 1860 g/mol. The lowest BCUT2D eigenvalue weighted by molar-refractivity contribution is -0.185. The van der Waals surface area contributed by atoms with Crippen LogP contribution < -0.4 is 53.9 Å². The standard InChI is InChI=1S/C21H36N3O10PS.C15H20O3.C14H19N5O2.C12H18N2O3.C11H16N2O6.C8H15O4PS.H3N/c1-13(2)23-35(30,32-9-10-36-18(27)20(3,4)12-25)33-11-14-16(26)21(5,29)17(34-14)24-8-7-15(31-6)22-19(24)28;1-10-11(2)17-14(15(10,3)4)18-13(16)12-8-6-5-7-9-12;1-9-10(2)21-12(14(9,3)4)18-6-5-11(17-13(18)20)19-8-15-7-16-19;1-7-8(2)17-10(12(7,3)4)14-6-5-9(15)13-11(14)16;1-11(17)8(15)6(5-14)19-9(11)13-4-3-7(18-2)12-10(13)16;1-4-8(2,3)7(9)14-6-5-12-13(10)11;/h7-8,13-14,16-17,25-26,29H,9-12H2,1-6H3,(H,23,30);5-11,14H,1-4H3;5-10,12H,1-4H3;5-8,10H,1-4H3,(H,13,15,16);3-4,6,8-9,14-15,17H,5H2,1-2H3;4-6H2,1-3H3;1H3/p+1/t14-,16-,17-,21-,35?;10-,11-,14+;9-,10-,12-;7-,8-,10-;6-,8-,9-,11-;;/m11111../s1. The van der Waals surface area contributed by atoms with Crippen molar-refractivity contribution in [2.24, 2.45) is 44.8 Å². The minimum Gasteiger partial charge on any atom is -0.566 e. The summed E-state index contributed by atoms with van der Waals surface area (Å²) in [6.07, 6.45) is 1.36. The molecule has 2 unspecified atom stereocenters. The molecule has 0 aliphatic carbocycles. The molecule has 0 amide bonds. The molecule has 5 aromatic heterocycles. The lowest BCUT2D eigenvalue weighted by Gasteiger charge is -2.29. The van der Waals surface area contributed by atoms with Crippen LogP contribution >= 0.6 is 39.5 Å². The molecule has 126 heavy (non-hydrogen) atoms. The first-order chi connectivity index (χ1) is 58.1. The van der Waals surface area contributed by atoms with E-state index in [1.807, 2.05) is 59.7 Å². The smallest absolute Gasteiger partial charge is 0.488 e. The highest BCUT2D eigenvalue weighted by Gasteiger charge is 2.56. The number of rotatable bonds is 27. The Hall–Kier alpha value is -7.56. The van der Waals surface area contributed by atoms with E-state index in [4.69, 9.17) is 52.0 Å². The quantitative estimate of drug-likeness (QED) is 0.0145. The fourth-order valence-corrected chi connectivity index (χ4v) is 17.0. The van der Waals surface area contributed by atoms with Gasteiger partial charge in [0.2, 0.25) is 18.1 Å². The zero-order valence-electron chi connectivity index (χ0n) is 75.9. The summed E-state index contributed by atoms with van der Waals surface area (Å²) in [4.78, 5) is 122. The number of aliphatic hydroxyl groups is 6. The second-order valence-corrected chi connectivity index (χ2v) is 39.0. The van der Waals surface area contributed by atoms with Gasteiger partial charge in [0.05, 0.1) is 69.9 Å². The normalized spacial score (nSPS) is 27.3. The Morgan fingerprint density at radius 1 is 0.635 bits per heavy atom. The fourth-order valence-electron chi connectivity index (χ4n) is 13.3. The van der Waals surface area contributed by atoms with Crippen LogP contribution in [-0.4, -0.2) is 225 Å². The molecular formula is C81H128N13O28P2S2+. The van der Waals surface area contributed by atoms with E-state index in [1.165, 1.54) is 86.8 Å². The number of methoxy groups -OCH3 is 2. The Labute approximate surface area is 740 Å². The number of H-pyrrole nitrogens is 1. The highest BCUT2D eigenvalue weighted by molar-refractivity contribution is 8.14. The van der Waals surface area contributed by atoms with Gasteiger partial charge in [-0.1, -0.05) is 125 Å². The molecule has 10 heterocycles. The number of carbonyl (C=O) groups is 3. The van der Waals surface area contributed by atoms with Gasteiger partial charge in [-0.05, 0) is 109 Å². The molecule has 12 N–H and O–H groups in total. The molecule has 0 saturated carbocycles. The van der Waals surface area contributed by atoms with E-state index in [0.29, 0.717) is 34.9 Å². The third-order valence-electron chi connectivity index (χ3n) is 23.1. The lowest BCUT2D eigenvalue weighted by atomic mass is 9.78. The molecule has 5 aliphatic heterocycles. The molecule has 6 aromatic rings. The number of thioether (sulfide) groups is 2. The van der Waals surface area contributed by atoms with Gasteiger partial charge in [0.1, 0.15) is 67.3 Å². The van der Waals surface area contributed by atoms with Gasteiger partial charge in [-0.15, -0.1) is 4.52 Å². The summed E-state index contributed by atoms with van der Waals surface area (Å²) in [5, 5.41) is 66.5. The van der Waals surface area contributed by atoms with E-state index in [9.17, 15) is 77.9 Å². The molecule has 1 aromatic carbocycles. The summed E-state index contributed by atoms with van der Waals surface area (Å²) in [6, 6.07) is 14.6. The van der Waals surface area contributed by atoms with Crippen molar-refractivity contribution < 1.29 is 111 Å². The van der Waals surface area contributed by atoms with E-state index in [0.717, 1.165) is 39.1 Å². The Kier molecular flexibility index (Phi) is 40.0. The van der Waals surface area contributed by atoms with Crippen molar-refractivity contribution in [1.29, 1.82) is 0 Å². The van der Waals surface area contributed by atoms with Crippen molar-refractivity contribution in [1.82, 2.24) is 64.2 Å². The number of aromatic nitrogens is 11. The van der Waals surface area contributed by atoms with E-state index in [2.05, 4.69) is 102 Å². The number of aromatic amines is 1. The molecule has 45 heteroatoms. The van der Waals surface area contributed by atoms with Crippen LogP contribution in [-0.2, 0) is 60.7 Å². The number of aliphatic hydroxyl groups excluding tert-OH is 4. The van der Waals surface area contributed by atoms with E-state index in [1.54, 1.807) is 56.7 Å².